The Labute approximate surface area is 123 Å². The molecule has 0 aliphatic heterocycles. The van der Waals surface area contributed by atoms with E-state index in [1.165, 1.54) is 38.6 Å². The predicted octanol–water partition coefficient (Wildman–Crippen LogP) is 4.74. The molecule has 0 bridgehead atoms. The van der Waals surface area contributed by atoms with Crippen LogP contribution in [0, 0.1) is 6.92 Å². The molecule has 104 valence electrons. The number of fused-ring (bicyclic) bond motifs is 2. The second-order valence-corrected chi connectivity index (χ2v) is 5.63. The van der Waals surface area contributed by atoms with Gasteiger partial charge in [-0.1, -0.05) is 36.4 Å². The van der Waals surface area contributed by atoms with E-state index >= 15 is 0 Å². The van der Waals surface area contributed by atoms with Gasteiger partial charge < -0.3 is 9.97 Å². The third-order valence-corrected chi connectivity index (χ3v) is 4.35. The van der Waals surface area contributed by atoms with Crippen molar-refractivity contribution in [2.24, 2.45) is 0 Å². The third-order valence-electron chi connectivity index (χ3n) is 4.35. The van der Waals surface area contributed by atoms with E-state index in [1.807, 2.05) is 0 Å². The van der Waals surface area contributed by atoms with E-state index < -0.39 is 0 Å². The molecule has 0 saturated carbocycles. The SMILES string of the molecule is Cc1[nH]c2ccccc2c1CCc1c[nH]c2ccccc12. The van der Waals surface area contributed by atoms with Crippen LogP contribution in [-0.2, 0) is 12.8 Å². The van der Waals surface area contributed by atoms with E-state index in [-0.39, 0.29) is 0 Å². The van der Waals surface area contributed by atoms with E-state index in [4.69, 9.17) is 0 Å². The first kappa shape index (κ1) is 12.3. The van der Waals surface area contributed by atoms with Crippen molar-refractivity contribution < 1.29 is 0 Å². The molecule has 0 fully saturated rings. The highest BCUT2D eigenvalue weighted by Crippen LogP contribution is 2.25. The molecule has 2 N–H and O–H groups in total. The monoisotopic (exact) mass is 274 g/mol. The van der Waals surface area contributed by atoms with E-state index in [1.54, 1.807) is 0 Å². The van der Waals surface area contributed by atoms with Gasteiger partial charge in [0.15, 0.2) is 0 Å². The average Bonchev–Trinajstić information content (AvgIpc) is 3.06. The Morgan fingerprint density at radius 2 is 1.52 bits per heavy atom. The maximum Gasteiger partial charge on any atom is 0.0458 e. The molecular weight excluding hydrogens is 256 g/mol. The van der Waals surface area contributed by atoms with Gasteiger partial charge in [-0.05, 0) is 43.0 Å². The highest BCUT2D eigenvalue weighted by molar-refractivity contribution is 5.85. The fraction of sp³-hybridized carbons (Fsp3) is 0.158. The van der Waals surface area contributed by atoms with Crippen molar-refractivity contribution in [3.63, 3.8) is 0 Å². The number of nitrogens with one attached hydrogen (secondary N) is 2. The highest BCUT2D eigenvalue weighted by Gasteiger charge is 2.09. The molecular formula is C19H18N2. The molecule has 2 aromatic carbocycles. The van der Waals surface area contributed by atoms with Crippen LogP contribution in [0.5, 0.6) is 0 Å². The Morgan fingerprint density at radius 1 is 0.810 bits per heavy atom. The lowest BCUT2D eigenvalue weighted by Gasteiger charge is -2.02. The lowest BCUT2D eigenvalue weighted by Crippen LogP contribution is -1.91. The van der Waals surface area contributed by atoms with Crippen LogP contribution in [0.1, 0.15) is 16.8 Å². The van der Waals surface area contributed by atoms with Gasteiger partial charge in [0.1, 0.15) is 0 Å². The number of hydrogen-bond donors (Lipinski definition) is 2. The summed E-state index contributed by atoms with van der Waals surface area (Å²) in [5.41, 5.74) is 6.59. The molecule has 2 heteroatoms. The first-order valence-electron chi connectivity index (χ1n) is 7.44. The van der Waals surface area contributed by atoms with E-state index in [0.717, 1.165) is 12.8 Å². The third kappa shape index (κ3) is 2.04. The van der Waals surface area contributed by atoms with Crippen molar-refractivity contribution in [3.05, 3.63) is 71.5 Å². The molecule has 2 nitrogen and oxygen atoms in total. The number of para-hydroxylation sites is 2. The van der Waals surface area contributed by atoms with Crippen molar-refractivity contribution in [1.29, 1.82) is 0 Å². The van der Waals surface area contributed by atoms with Crippen molar-refractivity contribution in [3.8, 4) is 0 Å². The summed E-state index contributed by atoms with van der Waals surface area (Å²) in [6, 6.07) is 17.1. The Kier molecular flexibility index (Phi) is 2.81. The normalized spacial score (nSPS) is 11.5. The molecule has 0 radical (unpaired) electrons. The summed E-state index contributed by atoms with van der Waals surface area (Å²) < 4.78 is 0. The van der Waals surface area contributed by atoms with Crippen molar-refractivity contribution in [1.82, 2.24) is 9.97 Å². The first-order chi connectivity index (χ1) is 10.3. The molecule has 0 saturated heterocycles. The second kappa shape index (κ2) is 4.81. The zero-order chi connectivity index (χ0) is 14.2. The van der Waals surface area contributed by atoms with E-state index in [0.29, 0.717) is 0 Å². The second-order valence-electron chi connectivity index (χ2n) is 5.63. The molecule has 4 aromatic rings. The van der Waals surface area contributed by atoms with Gasteiger partial charge in [-0.25, -0.2) is 0 Å². The van der Waals surface area contributed by atoms with E-state index in [2.05, 4.69) is 71.6 Å². The number of benzene rings is 2. The Morgan fingerprint density at radius 3 is 2.38 bits per heavy atom. The summed E-state index contributed by atoms with van der Waals surface area (Å²) >= 11 is 0. The van der Waals surface area contributed by atoms with Crippen molar-refractivity contribution in [2.45, 2.75) is 19.8 Å². The standard InChI is InChI=1S/C19H18N2/c1-13-15(17-7-3-5-9-19(17)21-13)11-10-14-12-20-18-8-4-2-6-16(14)18/h2-9,12,20-21H,10-11H2,1H3. The molecule has 0 amide bonds. The van der Waals surface area contributed by atoms with Gasteiger partial charge in [0.25, 0.3) is 0 Å². The fourth-order valence-corrected chi connectivity index (χ4v) is 3.26. The van der Waals surface area contributed by atoms with Crippen LogP contribution in [0.4, 0.5) is 0 Å². The van der Waals surface area contributed by atoms with Gasteiger partial charge in [-0.3, -0.25) is 0 Å². The van der Waals surface area contributed by atoms with Crippen molar-refractivity contribution >= 4 is 21.8 Å². The quantitative estimate of drug-likeness (QED) is 0.540. The van der Waals surface area contributed by atoms with Crippen LogP contribution in [-0.4, -0.2) is 9.97 Å². The highest BCUT2D eigenvalue weighted by atomic mass is 14.7. The smallest absolute Gasteiger partial charge is 0.0458 e. The number of hydrogen-bond acceptors (Lipinski definition) is 0. The topological polar surface area (TPSA) is 31.6 Å². The number of aromatic amines is 2. The summed E-state index contributed by atoms with van der Waals surface area (Å²) in [7, 11) is 0. The Bertz CT molecular complexity index is 912. The number of aryl methyl sites for hydroxylation is 3. The number of aromatic nitrogens is 2. The molecule has 0 aliphatic carbocycles. The van der Waals surface area contributed by atoms with Gasteiger partial charge >= 0.3 is 0 Å². The summed E-state index contributed by atoms with van der Waals surface area (Å²) in [5, 5.41) is 2.70. The van der Waals surface area contributed by atoms with Gasteiger partial charge in [0, 0.05) is 33.7 Å². The van der Waals surface area contributed by atoms with Gasteiger partial charge in [-0.15, -0.1) is 0 Å². The Hall–Kier alpha value is -2.48. The maximum absolute atomic E-state index is 3.49. The Balaban J connectivity index is 1.68. The summed E-state index contributed by atoms with van der Waals surface area (Å²) in [6.07, 6.45) is 4.28. The maximum atomic E-state index is 3.49. The summed E-state index contributed by atoms with van der Waals surface area (Å²) in [5.74, 6) is 0. The van der Waals surface area contributed by atoms with Crippen LogP contribution < -0.4 is 0 Å². The molecule has 0 unspecified atom stereocenters. The largest absolute Gasteiger partial charge is 0.361 e. The van der Waals surface area contributed by atoms with Gasteiger partial charge in [0.05, 0.1) is 0 Å². The van der Waals surface area contributed by atoms with E-state index in [9.17, 15) is 0 Å². The zero-order valence-electron chi connectivity index (χ0n) is 12.1. The molecule has 4 rings (SSSR count). The number of H-pyrrole nitrogens is 2. The van der Waals surface area contributed by atoms with Crippen molar-refractivity contribution in [2.75, 3.05) is 0 Å². The predicted molar refractivity (Wildman–Crippen MR) is 88.7 cm³/mol. The van der Waals surface area contributed by atoms with Crippen LogP contribution in [0.25, 0.3) is 21.8 Å². The molecule has 0 atom stereocenters. The zero-order valence-corrected chi connectivity index (χ0v) is 12.1. The average molecular weight is 274 g/mol. The minimum atomic E-state index is 1.06. The van der Waals surface area contributed by atoms with Crippen LogP contribution in [0.15, 0.2) is 54.7 Å². The summed E-state index contributed by atoms with van der Waals surface area (Å²) in [6.45, 7) is 2.17. The lowest BCUT2D eigenvalue weighted by atomic mass is 10.0. The van der Waals surface area contributed by atoms with Crippen LogP contribution >= 0.6 is 0 Å². The molecule has 0 spiro atoms. The minimum Gasteiger partial charge on any atom is -0.361 e. The van der Waals surface area contributed by atoms with Gasteiger partial charge in [-0.2, -0.15) is 0 Å². The molecule has 21 heavy (non-hydrogen) atoms. The van der Waals surface area contributed by atoms with Crippen LogP contribution in [0.3, 0.4) is 0 Å². The summed E-state index contributed by atoms with van der Waals surface area (Å²) in [4.78, 5) is 6.85. The fourth-order valence-electron chi connectivity index (χ4n) is 3.26. The lowest BCUT2D eigenvalue weighted by molar-refractivity contribution is 0.962. The molecule has 2 aromatic heterocycles. The van der Waals surface area contributed by atoms with Gasteiger partial charge in [0.2, 0.25) is 0 Å². The van der Waals surface area contributed by atoms with Crippen LogP contribution in [0.2, 0.25) is 0 Å². The molecule has 2 heterocycles. The first-order valence-corrected chi connectivity index (χ1v) is 7.44. The molecule has 0 aliphatic rings. The number of rotatable bonds is 3. The minimum absolute atomic E-state index is 1.06.